The molecule has 0 saturated carbocycles. The van der Waals surface area contributed by atoms with Gasteiger partial charge in [0.05, 0.1) is 7.11 Å². The van der Waals surface area contributed by atoms with Gasteiger partial charge in [0.15, 0.2) is 0 Å². The van der Waals surface area contributed by atoms with Gasteiger partial charge in [0, 0.05) is 37.1 Å². The molecule has 21 heavy (non-hydrogen) atoms. The number of rotatable bonds is 8. The molecule has 5 heteroatoms. The molecule has 0 spiro atoms. The van der Waals surface area contributed by atoms with Gasteiger partial charge < -0.3 is 19.4 Å². The maximum absolute atomic E-state index is 5.96. The molecule has 0 bridgehead atoms. The van der Waals surface area contributed by atoms with Crippen LogP contribution in [0.1, 0.15) is 25.2 Å². The Labute approximate surface area is 125 Å². The summed E-state index contributed by atoms with van der Waals surface area (Å²) in [5.41, 5.74) is 1.12. The van der Waals surface area contributed by atoms with Crippen LogP contribution in [0.15, 0.2) is 30.6 Å². The van der Waals surface area contributed by atoms with Crippen LogP contribution in [0.5, 0.6) is 11.5 Å². The minimum atomic E-state index is 0.452. The first-order valence-corrected chi connectivity index (χ1v) is 7.28. The Balaban J connectivity index is 2.12. The fourth-order valence-electron chi connectivity index (χ4n) is 2.11. The van der Waals surface area contributed by atoms with Crippen molar-refractivity contribution in [2.45, 2.75) is 33.5 Å². The highest BCUT2D eigenvalue weighted by Crippen LogP contribution is 2.25. The van der Waals surface area contributed by atoms with E-state index in [1.54, 1.807) is 13.3 Å². The molecule has 2 rings (SSSR count). The molecular formula is C16H23N3O2. The summed E-state index contributed by atoms with van der Waals surface area (Å²) in [6, 6.07) is 5.90. The highest BCUT2D eigenvalue weighted by atomic mass is 16.5. The van der Waals surface area contributed by atoms with Crippen molar-refractivity contribution in [2.24, 2.45) is 0 Å². The van der Waals surface area contributed by atoms with E-state index in [2.05, 4.69) is 28.7 Å². The lowest BCUT2D eigenvalue weighted by Gasteiger charge is -2.13. The summed E-state index contributed by atoms with van der Waals surface area (Å²) >= 11 is 0. The van der Waals surface area contributed by atoms with Gasteiger partial charge in [-0.2, -0.15) is 0 Å². The first kappa shape index (κ1) is 15.4. The number of nitrogens with zero attached hydrogens (tertiary/aromatic N) is 2. The Hall–Kier alpha value is -2.01. The molecule has 1 aromatic heterocycles. The molecule has 0 saturated heterocycles. The molecule has 0 amide bonds. The van der Waals surface area contributed by atoms with E-state index in [1.165, 1.54) is 0 Å². The van der Waals surface area contributed by atoms with Crippen molar-refractivity contribution in [2.75, 3.05) is 13.7 Å². The third-order valence-electron chi connectivity index (χ3n) is 3.34. The van der Waals surface area contributed by atoms with Gasteiger partial charge in [0.25, 0.3) is 0 Å². The quantitative estimate of drug-likeness (QED) is 0.811. The zero-order chi connectivity index (χ0) is 15.1. The lowest BCUT2D eigenvalue weighted by molar-refractivity contribution is 0.284. The van der Waals surface area contributed by atoms with E-state index in [-0.39, 0.29) is 0 Å². The van der Waals surface area contributed by atoms with Gasteiger partial charge in [-0.15, -0.1) is 0 Å². The largest absolute Gasteiger partial charge is 0.497 e. The highest BCUT2D eigenvalue weighted by Gasteiger charge is 2.08. The van der Waals surface area contributed by atoms with Crippen molar-refractivity contribution in [3.63, 3.8) is 0 Å². The minimum Gasteiger partial charge on any atom is -0.497 e. The second-order valence-corrected chi connectivity index (χ2v) is 4.67. The molecule has 5 nitrogen and oxygen atoms in total. The number of ether oxygens (including phenoxy) is 2. The molecule has 1 heterocycles. The minimum absolute atomic E-state index is 0.452. The third-order valence-corrected chi connectivity index (χ3v) is 3.34. The summed E-state index contributed by atoms with van der Waals surface area (Å²) in [5.74, 6) is 2.56. The van der Waals surface area contributed by atoms with Crippen LogP contribution in [0, 0.1) is 0 Å². The molecule has 0 fully saturated rings. The van der Waals surface area contributed by atoms with E-state index in [9.17, 15) is 0 Å². The summed E-state index contributed by atoms with van der Waals surface area (Å²) < 4.78 is 13.3. The highest BCUT2D eigenvalue weighted by molar-refractivity contribution is 5.40. The van der Waals surface area contributed by atoms with Crippen LogP contribution < -0.4 is 14.8 Å². The summed E-state index contributed by atoms with van der Waals surface area (Å²) in [6.07, 6.45) is 3.76. The smallest absolute Gasteiger partial charge is 0.146 e. The number of hydrogen-bond donors (Lipinski definition) is 1. The molecule has 1 aromatic carbocycles. The molecule has 0 aliphatic carbocycles. The van der Waals surface area contributed by atoms with Gasteiger partial charge in [-0.3, -0.25) is 0 Å². The van der Waals surface area contributed by atoms with E-state index in [1.807, 2.05) is 24.4 Å². The van der Waals surface area contributed by atoms with Crippen LogP contribution in [-0.2, 0) is 19.7 Å². The Morgan fingerprint density at radius 3 is 2.86 bits per heavy atom. The topological polar surface area (TPSA) is 48.3 Å². The van der Waals surface area contributed by atoms with Crippen molar-refractivity contribution in [3.8, 4) is 11.5 Å². The maximum Gasteiger partial charge on any atom is 0.146 e. The number of aromatic nitrogens is 2. The molecule has 2 aromatic rings. The van der Waals surface area contributed by atoms with Gasteiger partial charge in [-0.25, -0.2) is 4.98 Å². The third kappa shape index (κ3) is 3.98. The molecule has 0 radical (unpaired) electrons. The first-order valence-electron chi connectivity index (χ1n) is 7.28. The second kappa shape index (κ2) is 7.69. The van der Waals surface area contributed by atoms with E-state index in [0.717, 1.165) is 42.5 Å². The van der Waals surface area contributed by atoms with Crippen LogP contribution in [0.25, 0.3) is 0 Å². The Morgan fingerprint density at radius 1 is 1.29 bits per heavy atom. The summed E-state index contributed by atoms with van der Waals surface area (Å²) in [5, 5.41) is 3.32. The fraction of sp³-hybridized carbons (Fsp3) is 0.438. The first-order chi connectivity index (χ1) is 10.3. The molecule has 1 N–H and O–H groups in total. The molecule has 0 aliphatic heterocycles. The van der Waals surface area contributed by atoms with E-state index in [4.69, 9.17) is 9.47 Å². The summed E-state index contributed by atoms with van der Waals surface area (Å²) in [7, 11) is 1.66. The van der Waals surface area contributed by atoms with Crippen molar-refractivity contribution in [3.05, 3.63) is 42.0 Å². The average Bonchev–Trinajstić information content (AvgIpc) is 2.98. The number of imidazole rings is 1. The Morgan fingerprint density at radius 2 is 2.14 bits per heavy atom. The normalized spacial score (nSPS) is 10.6. The van der Waals surface area contributed by atoms with Crippen molar-refractivity contribution in [1.29, 1.82) is 0 Å². The lowest BCUT2D eigenvalue weighted by atomic mass is 10.2. The predicted octanol–water partition coefficient (Wildman–Crippen LogP) is 2.60. The predicted molar refractivity (Wildman–Crippen MR) is 82.6 cm³/mol. The van der Waals surface area contributed by atoms with Crippen LogP contribution in [0.3, 0.4) is 0 Å². The maximum atomic E-state index is 5.96. The summed E-state index contributed by atoms with van der Waals surface area (Å²) in [4.78, 5) is 4.33. The van der Waals surface area contributed by atoms with Gasteiger partial charge in [0.1, 0.15) is 23.9 Å². The summed E-state index contributed by atoms with van der Waals surface area (Å²) in [6.45, 7) is 7.22. The van der Waals surface area contributed by atoms with Crippen LogP contribution >= 0.6 is 0 Å². The Bertz CT molecular complexity index is 566. The number of benzene rings is 1. The van der Waals surface area contributed by atoms with Crippen LogP contribution in [0.2, 0.25) is 0 Å². The molecular weight excluding hydrogens is 266 g/mol. The average molecular weight is 289 g/mol. The van der Waals surface area contributed by atoms with Gasteiger partial charge in [-0.05, 0) is 19.5 Å². The number of aryl methyl sites for hydroxylation is 1. The molecule has 0 unspecified atom stereocenters. The molecule has 0 aliphatic rings. The standard InChI is InChI=1S/C16H23N3O2/c1-4-17-11-13-6-7-14(20-3)10-15(13)21-12-16-18-8-9-19(16)5-2/h6-10,17H,4-5,11-12H2,1-3H3. The lowest BCUT2D eigenvalue weighted by Crippen LogP contribution is -2.13. The van der Waals surface area contributed by atoms with Gasteiger partial charge in [0.2, 0.25) is 0 Å². The zero-order valence-corrected chi connectivity index (χ0v) is 12.9. The second-order valence-electron chi connectivity index (χ2n) is 4.67. The number of methoxy groups -OCH3 is 1. The van der Waals surface area contributed by atoms with Crippen LogP contribution in [0.4, 0.5) is 0 Å². The monoisotopic (exact) mass is 289 g/mol. The van der Waals surface area contributed by atoms with Crippen LogP contribution in [-0.4, -0.2) is 23.2 Å². The van der Waals surface area contributed by atoms with E-state index < -0.39 is 0 Å². The van der Waals surface area contributed by atoms with E-state index >= 15 is 0 Å². The SMILES string of the molecule is CCNCc1ccc(OC)cc1OCc1nccn1CC. The van der Waals surface area contributed by atoms with Crippen molar-refractivity contribution < 1.29 is 9.47 Å². The van der Waals surface area contributed by atoms with Gasteiger partial charge >= 0.3 is 0 Å². The van der Waals surface area contributed by atoms with Gasteiger partial charge in [-0.1, -0.05) is 13.0 Å². The Kier molecular flexibility index (Phi) is 5.63. The zero-order valence-electron chi connectivity index (χ0n) is 12.9. The molecule has 0 atom stereocenters. The number of hydrogen-bond acceptors (Lipinski definition) is 4. The molecule has 114 valence electrons. The fourth-order valence-corrected chi connectivity index (χ4v) is 2.11. The van der Waals surface area contributed by atoms with Crippen molar-refractivity contribution >= 4 is 0 Å². The van der Waals surface area contributed by atoms with E-state index in [0.29, 0.717) is 6.61 Å². The van der Waals surface area contributed by atoms with Crippen molar-refractivity contribution in [1.82, 2.24) is 14.9 Å². The number of nitrogens with one attached hydrogen (secondary N) is 1.